The van der Waals surface area contributed by atoms with Gasteiger partial charge in [0.2, 0.25) is 0 Å². The van der Waals surface area contributed by atoms with Crippen LogP contribution in [-0.4, -0.2) is 26.1 Å². The summed E-state index contributed by atoms with van der Waals surface area (Å²) in [5.74, 6) is 0. The van der Waals surface area contributed by atoms with Crippen LogP contribution in [0.1, 0.15) is 11.1 Å². The Balaban J connectivity index is 0.000000140. The predicted octanol–water partition coefficient (Wildman–Crippen LogP) is 6.48. The molecule has 288 valence electrons. The zero-order valence-corrected chi connectivity index (χ0v) is 34.8. The van der Waals surface area contributed by atoms with Gasteiger partial charge in [0.15, 0.2) is 0 Å². The second-order valence-corrected chi connectivity index (χ2v) is 22.1. The second kappa shape index (κ2) is 13.2. The number of halogens is 6. The Kier molecular flexibility index (Phi) is 8.38. The predicted molar refractivity (Wildman–Crippen MR) is 219 cm³/mol. The number of alkyl halides is 6. The van der Waals surface area contributed by atoms with Crippen molar-refractivity contribution in [3.63, 3.8) is 0 Å². The first-order valence-corrected chi connectivity index (χ1v) is 22.6. The molecule has 4 aliphatic rings. The molecular weight excluding hydrogens is 970 g/mol. The molecule has 0 bridgehead atoms. The van der Waals surface area contributed by atoms with E-state index in [-0.39, 0.29) is 21.1 Å². The van der Waals surface area contributed by atoms with Gasteiger partial charge in [0.05, 0.1) is 0 Å². The summed E-state index contributed by atoms with van der Waals surface area (Å²) in [4.78, 5) is 9.16. The Morgan fingerprint density at radius 1 is 0.390 bits per heavy atom. The number of hydrogen-bond acceptors (Lipinski definition) is 2. The van der Waals surface area contributed by atoms with Gasteiger partial charge in [-0.2, -0.15) is 26.3 Å². The molecule has 0 N–H and O–H groups in total. The summed E-state index contributed by atoms with van der Waals surface area (Å²) in [5, 5.41) is 8.07. The van der Waals surface area contributed by atoms with E-state index in [1.807, 2.05) is 72.8 Å². The Morgan fingerprint density at radius 2 is 0.695 bits per heavy atom. The van der Waals surface area contributed by atoms with Gasteiger partial charge in [-0.05, 0) is 77.6 Å². The number of nitrogens with zero attached hydrogens (tertiary/aromatic N) is 2. The zero-order chi connectivity index (χ0) is 39.6. The van der Waals surface area contributed by atoms with Crippen LogP contribution in [0.2, 0.25) is 0 Å². The van der Waals surface area contributed by atoms with Crippen molar-refractivity contribution in [2.45, 2.75) is 12.4 Å². The Morgan fingerprint density at radius 3 is 1.02 bits per heavy atom. The first kappa shape index (κ1) is 37.6. The van der Waals surface area contributed by atoms with E-state index in [2.05, 4.69) is 70.6 Å². The first-order valence-electron chi connectivity index (χ1n) is 18.6. The van der Waals surface area contributed by atoms with Gasteiger partial charge in [-0.15, -0.1) is 57.9 Å². The maximum absolute atomic E-state index is 13.6. The summed E-state index contributed by atoms with van der Waals surface area (Å²) in [7, 11) is -5.71. The third-order valence-corrected chi connectivity index (χ3v) is 22.0. The van der Waals surface area contributed by atoms with E-state index >= 15 is 0 Å². The Hall–Kier alpha value is -5.68. The van der Waals surface area contributed by atoms with E-state index in [0.717, 1.165) is 87.3 Å². The van der Waals surface area contributed by atoms with Crippen molar-refractivity contribution in [1.29, 1.82) is 0 Å². The van der Waals surface area contributed by atoms with Crippen LogP contribution in [-0.2, 0) is 33.4 Å². The third-order valence-electron chi connectivity index (χ3n) is 12.1. The van der Waals surface area contributed by atoms with Gasteiger partial charge in [-0.1, -0.05) is 120 Å². The van der Waals surface area contributed by atoms with E-state index in [4.69, 9.17) is 0 Å². The SMILES string of the molecule is FC(F)(F)c1c[c-]c2c(c1)[Si]1(c3ccccc3-c3ccccc31)c1cccnc1-2.FC(F)(F)c1c[c-]c2c(c1)[Si]1(c3ccccc3-c3ccccc31)c1cccnc1-2.[Pt+2]. The molecule has 0 fully saturated rings. The molecule has 6 aromatic carbocycles. The van der Waals surface area contributed by atoms with Crippen molar-refractivity contribution in [3.8, 4) is 44.8 Å². The molecule has 2 spiro atoms. The van der Waals surface area contributed by atoms with Gasteiger partial charge >= 0.3 is 33.4 Å². The van der Waals surface area contributed by atoms with Crippen molar-refractivity contribution in [2.75, 3.05) is 0 Å². The fourth-order valence-corrected chi connectivity index (χ4v) is 21.1. The number of rotatable bonds is 0. The van der Waals surface area contributed by atoms with Crippen LogP contribution in [0.25, 0.3) is 44.8 Å². The van der Waals surface area contributed by atoms with E-state index in [1.165, 1.54) is 12.1 Å². The molecule has 0 unspecified atom stereocenters. The number of pyridine rings is 2. The second-order valence-electron chi connectivity index (χ2n) is 14.8. The molecule has 0 saturated carbocycles. The molecular formula is C48H26F6N2PtSi2. The van der Waals surface area contributed by atoms with Crippen LogP contribution in [0.3, 0.4) is 0 Å². The van der Waals surface area contributed by atoms with Gasteiger partial charge in [0.25, 0.3) is 0 Å². The van der Waals surface area contributed by atoms with Crippen molar-refractivity contribution in [1.82, 2.24) is 9.97 Å². The number of aromatic nitrogens is 2. The summed E-state index contributed by atoms with van der Waals surface area (Å²) in [6.07, 6.45) is -5.43. The van der Waals surface area contributed by atoms with Gasteiger partial charge < -0.3 is 9.97 Å². The van der Waals surface area contributed by atoms with Gasteiger partial charge in [-0.3, -0.25) is 0 Å². The molecule has 0 atom stereocenters. The topological polar surface area (TPSA) is 25.8 Å². The normalized spacial score (nSPS) is 14.7. The number of hydrogen-bond donors (Lipinski definition) is 0. The van der Waals surface area contributed by atoms with Crippen molar-refractivity contribution >= 4 is 57.6 Å². The van der Waals surface area contributed by atoms with Gasteiger partial charge in [-0.25, -0.2) is 0 Å². The van der Waals surface area contributed by atoms with E-state index in [1.54, 1.807) is 12.4 Å². The largest absolute Gasteiger partial charge is 2.00 e. The molecule has 8 aromatic rings. The summed E-state index contributed by atoms with van der Waals surface area (Å²) in [6.45, 7) is 0. The maximum Gasteiger partial charge on any atom is 2.00 e. The van der Waals surface area contributed by atoms with Crippen LogP contribution in [0, 0.1) is 12.1 Å². The molecule has 2 nitrogen and oxygen atoms in total. The molecule has 0 aliphatic carbocycles. The smallest absolute Gasteiger partial charge is 0.305 e. The number of fused-ring (bicyclic) bond motifs is 20. The van der Waals surface area contributed by atoms with Crippen LogP contribution < -0.4 is 41.5 Å². The fraction of sp³-hybridized carbons (Fsp3) is 0.0417. The zero-order valence-electron chi connectivity index (χ0n) is 30.5. The Bertz CT molecular complexity index is 2700. The van der Waals surface area contributed by atoms with E-state index in [0.29, 0.717) is 11.1 Å². The molecule has 6 heterocycles. The average molecular weight is 996 g/mol. The molecule has 12 rings (SSSR count). The van der Waals surface area contributed by atoms with Gasteiger partial charge in [0, 0.05) is 12.4 Å². The third kappa shape index (κ3) is 5.03. The van der Waals surface area contributed by atoms with Gasteiger partial charge in [0.1, 0.15) is 16.1 Å². The standard InChI is InChI=1S/2C24H13F3NSi.Pt/c2*25-24(26,27)15-11-12-18-22(14-15)29(21-10-5-13-28-23(18)21)19-8-3-1-6-16(19)17-7-2-4-9-20(17)29;/h2*1-11,13-14H;/q2*-1;+2. The molecule has 0 amide bonds. The Labute approximate surface area is 351 Å². The quantitative estimate of drug-likeness (QED) is 0.0990. The first-order chi connectivity index (χ1) is 28.1. The molecule has 11 heteroatoms. The molecule has 0 saturated heterocycles. The van der Waals surface area contributed by atoms with Crippen molar-refractivity contribution < 1.29 is 47.4 Å². The monoisotopic (exact) mass is 995 g/mol. The van der Waals surface area contributed by atoms with Crippen LogP contribution in [0.4, 0.5) is 26.3 Å². The van der Waals surface area contributed by atoms with E-state index in [9.17, 15) is 26.3 Å². The van der Waals surface area contributed by atoms with Crippen LogP contribution >= 0.6 is 0 Å². The van der Waals surface area contributed by atoms with Crippen molar-refractivity contribution in [3.05, 3.63) is 181 Å². The average Bonchev–Trinajstić information content (AvgIpc) is 3.92. The summed E-state index contributed by atoms with van der Waals surface area (Å²) in [6, 6.07) is 51.0. The van der Waals surface area contributed by atoms with Crippen LogP contribution in [0.5, 0.6) is 0 Å². The minimum Gasteiger partial charge on any atom is -0.305 e. The van der Waals surface area contributed by atoms with Crippen molar-refractivity contribution in [2.24, 2.45) is 0 Å². The van der Waals surface area contributed by atoms with Crippen LogP contribution in [0.15, 0.2) is 158 Å². The molecule has 4 aliphatic heterocycles. The number of benzene rings is 6. The molecule has 2 aromatic heterocycles. The molecule has 59 heavy (non-hydrogen) atoms. The summed E-state index contributed by atoms with van der Waals surface area (Å²) in [5.41, 5.74) is 6.03. The fourth-order valence-electron chi connectivity index (χ4n) is 10.0. The maximum atomic E-state index is 13.6. The van der Waals surface area contributed by atoms with E-state index < -0.39 is 39.6 Å². The minimum atomic E-state index is -4.42. The summed E-state index contributed by atoms with van der Waals surface area (Å²) >= 11 is 0. The molecule has 0 radical (unpaired) electrons. The minimum absolute atomic E-state index is 0. The summed E-state index contributed by atoms with van der Waals surface area (Å²) < 4.78 is 81.8.